The summed E-state index contributed by atoms with van der Waals surface area (Å²) in [5, 5.41) is 10.7. The van der Waals surface area contributed by atoms with Crippen molar-refractivity contribution in [2.24, 2.45) is 0 Å². The third-order valence-electron chi connectivity index (χ3n) is 2.42. The Balaban J connectivity index is 1.99. The average Bonchev–Trinajstić information content (AvgIpc) is 2.38. The molecule has 0 heterocycles. The topological polar surface area (TPSA) is 20.2 Å². The van der Waals surface area contributed by atoms with Crippen molar-refractivity contribution in [2.45, 2.75) is 11.0 Å². The molecule has 0 spiro atoms. The fraction of sp³-hybridized carbons (Fsp3) is 0.143. The van der Waals surface area contributed by atoms with Gasteiger partial charge in [-0.15, -0.1) is 11.8 Å². The highest BCUT2D eigenvalue weighted by Gasteiger charge is 2.11. The van der Waals surface area contributed by atoms with Crippen molar-refractivity contribution in [1.29, 1.82) is 0 Å². The highest BCUT2D eigenvalue weighted by atomic mass is 35.5. The third-order valence-corrected chi connectivity index (χ3v) is 3.85. The standard InChI is InChI=1S/C14H13ClOS/c15-13-9-5-4-8-12(13)14(16)10-17-11-6-2-1-3-7-11/h1-9,14,16H,10H2. The molecular formula is C14H13ClOS. The minimum absolute atomic E-state index is 0.533. The van der Waals surface area contributed by atoms with Gasteiger partial charge in [-0.1, -0.05) is 48.0 Å². The van der Waals surface area contributed by atoms with Crippen LogP contribution in [-0.4, -0.2) is 10.9 Å². The molecular weight excluding hydrogens is 252 g/mol. The molecule has 1 atom stereocenters. The van der Waals surface area contributed by atoms with Gasteiger partial charge in [-0.2, -0.15) is 0 Å². The SMILES string of the molecule is OC(CSc1ccccc1)c1ccccc1Cl. The van der Waals surface area contributed by atoms with E-state index >= 15 is 0 Å². The Bertz CT molecular complexity index is 473. The summed E-state index contributed by atoms with van der Waals surface area (Å²) in [5.41, 5.74) is 0.789. The number of aliphatic hydroxyl groups is 1. The molecule has 0 bridgehead atoms. The molecule has 3 heteroatoms. The number of aliphatic hydroxyl groups excluding tert-OH is 1. The van der Waals surface area contributed by atoms with Gasteiger partial charge in [-0.25, -0.2) is 0 Å². The molecule has 88 valence electrons. The number of thioether (sulfide) groups is 1. The van der Waals surface area contributed by atoms with Crippen molar-refractivity contribution in [3.8, 4) is 0 Å². The summed E-state index contributed by atoms with van der Waals surface area (Å²) >= 11 is 7.66. The summed E-state index contributed by atoms with van der Waals surface area (Å²) in [6.07, 6.45) is -0.533. The van der Waals surface area contributed by atoms with Crippen LogP contribution in [0.2, 0.25) is 5.02 Å². The fourth-order valence-corrected chi connectivity index (χ4v) is 2.67. The molecule has 17 heavy (non-hydrogen) atoms. The molecule has 0 aliphatic heterocycles. The van der Waals surface area contributed by atoms with Gasteiger partial charge < -0.3 is 5.11 Å². The third kappa shape index (κ3) is 3.50. The number of benzene rings is 2. The predicted molar refractivity (Wildman–Crippen MR) is 73.6 cm³/mol. The van der Waals surface area contributed by atoms with Crippen molar-refractivity contribution in [2.75, 3.05) is 5.75 Å². The van der Waals surface area contributed by atoms with Crippen molar-refractivity contribution >= 4 is 23.4 Å². The molecule has 0 saturated heterocycles. The first-order chi connectivity index (χ1) is 8.27. The molecule has 2 aromatic carbocycles. The lowest BCUT2D eigenvalue weighted by atomic mass is 10.1. The molecule has 2 rings (SSSR count). The summed E-state index contributed by atoms with van der Waals surface area (Å²) in [4.78, 5) is 1.15. The minimum Gasteiger partial charge on any atom is -0.387 e. The van der Waals surface area contributed by atoms with E-state index in [9.17, 15) is 5.11 Å². The van der Waals surface area contributed by atoms with Gasteiger partial charge in [-0.3, -0.25) is 0 Å². The second-order valence-corrected chi connectivity index (χ2v) is 5.16. The Labute approximate surface area is 110 Å². The van der Waals surface area contributed by atoms with Gasteiger partial charge in [0.1, 0.15) is 0 Å². The smallest absolute Gasteiger partial charge is 0.0898 e. The largest absolute Gasteiger partial charge is 0.387 e. The normalized spacial score (nSPS) is 12.4. The fourth-order valence-electron chi connectivity index (χ4n) is 1.53. The van der Waals surface area contributed by atoms with Crippen molar-refractivity contribution in [3.05, 3.63) is 65.2 Å². The molecule has 0 aromatic heterocycles. The summed E-state index contributed by atoms with van der Waals surface area (Å²) in [6.45, 7) is 0. The van der Waals surface area contributed by atoms with Gasteiger partial charge in [0.15, 0.2) is 0 Å². The maximum atomic E-state index is 10.1. The Morgan fingerprint density at radius 2 is 1.65 bits per heavy atom. The lowest BCUT2D eigenvalue weighted by Crippen LogP contribution is -2.01. The average molecular weight is 265 g/mol. The zero-order chi connectivity index (χ0) is 12.1. The Morgan fingerprint density at radius 3 is 2.35 bits per heavy atom. The second-order valence-electron chi connectivity index (χ2n) is 3.66. The van der Waals surface area contributed by atoms with E-state index in [2.05, 4.69) is 0 Å². The number of rotatable bonds is 4. The van der Waals surface area contributed by atoms with Crippen LogP contribution in [0.3, 0.4) is 0 Å². The van der Waals surface area contributed by atoms with Crippen molar-refractivity contribution < 1.29 is 5.11 Å². The van der Waals surface area contributed by atoms with Crippen LogP contribution in [0.15, 0.2) is 59.5 Å². The first-order valence-corrected chi connectivity index (χ1v) is 6.74. The first kappa shape index (κ1) is 12.5. The van der Waals surface area contributed by atoms with Crippen LogP contribution >= 0.6 is 23.4 Å². The Kier molecular flexibility index (Phi) is 4.49. The van der Waals surface area contributed by atoms with E-state index in [4.69, 9.17) is 11.6 Å². The van der Waals surface area contributed by atoms with Crippen LogP contribution in [0.5, 0.6) is 0 Å². The zero-order valence-corrected chi connectivity index (χ0v) is 10.8. The van der Waals surface area contributed by atoms with Crippen molar-refractivity contribution in [3.63, 3.8) is 0 Å². The molecule has 1 unspecified atom stereocenters. The number of hydrogen-bond acceptors (Lipinski definition) is 2. The van der Waals surface area contributed by atoms with E-state index in [1.54, 1.807) is 17.8 Å². The Morgan fingerprint density at radius 1 is 1.00 bits per heavy atom. The molecule has 0 aliphatic rings. The highest BCUT2D eigenvalue weighted by molar-refractivity contribution is 7.99. The number of hydrogen-bond donors (Lipinski definition) is 1. The van der Waals surface area contributed by atoms with E-state index in [1.807, 2.05) is 48.5 Å². The quantitative estimate of drug-likeness (QED) is 0.837. The molecule has 1 nitrogen and oxygen atoms in total. The van der Waals surface area contributed by atoms with Crippen LogP contribution in [0.25, 0.3) is 0 Å². The molecule has 1 N–H and O–H groups in total. The van der Waals surface area contributed by atoms with Crippen LogP contribution in [-0.2, 0) is 0 Å². The maximum Gasteiger partial charge on any atom is 0.0898 e. The lowest BCUT2D eigenvalue weighted by Gasteiger charge is -2.12. The van der Waals surface area contributed by atoms with Crippen molar-refractivity contribution in [1.82, 2.24) is 0 Å². The molecule has 0 radical (unpaired) electrons. The summed E-state index contributed by atoms with van der Waals surface area (Å²) in [6, 6.07) is 17.4. The Hall–Kier alpha value is -0.960. The monoisotopic (exact) mass is 264 g/mol. The van der Waals surface area contributed by atoms with E-state index in [1.165, 1.54) is 0 Å². The van der Waals surface area contributed by atoms with Crippen LogP contribution in [0.4, 0.5) is 0 Å². The highest BCUT2D eigenvalue weighted by Crippen LogP contribution is 2.28. The maximum absolute atomic E-state index is 10.1. The van der Waals surface area contributed by atoms with Crippen LogP contribution in [0, 0.1) is 0 Å². The van der Waals surface area contributed by atoms with E-state index in [0.29, 0.717) is 10.8 Å². The van der Waals surface area contributed by atoms with E-state index in [-0.39, 0.29) is 0 Å². The van der Waals surface area contributed by atoms with Gasteiger partial charge in [0, 0.05) is 15.7 Å². The molecule has 2 aromatic rings. The zero-order valence-electron chi connectivity index (χ0n) is 9.21. The summed E-state index contributed by atoms with van der Waals surface area (Å²) in [7, 11) is 0. The van der Waals surface area contributed by atoms with Gasteiger partial charge in [0.2, 0.25) is 0 Å². The first-order valence-electron chi connectivity index (χ1n) is 5.37. The van der Waals surface area contributed by atoms with Crippen LogP contribution in [0.1, 0.15) is 11.7 Å². The molecule has 0 aliphatic carbocycles. The predicted octanol–water partition coefficient (Wildman–Crippen LogP) is 4.17. The molecule has 0 amide bonds. The summed E-state index contributed by atoms with van der Waals surface area (Å²) < 4.78 is 0. The minimum atomic E-state index is -0.533. The van der Waals surface area contributed by atoms with Gasteiger partial charge in [0.25, 0.3) is 0 Å². The summed E-state index contributed by atoms with van der Waals surface area (Å²) in [5.74, 6) is 0.605. The number of halogens is 1. The van der Waals surface area contributed by atoms with E-state index in [0.717, 1.165) is 10.5 Å². The molecule has 0 saturated carbocycles. The van der Waals surface area contributed by atoms with E-state index < -0.39 is 6.10 Å². The van der Waals surface area contributed by atoms with Crippen LogP contribution < -0.4 is 0 Å². The van der Waals surface area contributed by atoms with Gasteiger partial charge in [-0.05, 0) is 23.8 Å². The van der Waals surface area contributed by atoms with Gasteiger partial charge >= 0.3 is 0 Å². The van der Waals surface area contributed by atoms with Gasteiger partial charge in [0.05, 0.1) is 6.10 Å². The lowest BCUT2D eigenvalue weighted by molar-refractivity contribution is 0.204. The second kappa shape index (κ2) is 6.10. The molecule has 0 fully saturated rings.